The molecule has 0 saturated carbocycles. The number of rotatable bonds is 9. The fourth-order valence-corrected chi connectivity index (χ4v) is 3.70. The predicted octanol–water partition coefficient (Wildman–Crippen LogP) is 5.24. The molecular weight excluding hydrogens is 548 g/mol. The molecule has 3 aromatic carbocycles. The van der Waals surface area contributed by atoms with Crippen LogP contribution in [0.15, 0.2) is 70.2 Å². The molecule has 0 fully saturated rings. The Morgan fingerprint density at radius 1 is 1.06 bits per heavy atom. The van der Waals surface area contributed by atoms with Crippen molar-refractivity contribution in [3.63, 3.8) is 0 Å². The van der Waals surface area contributed by atoms with Gasteiger partial charge in [-0.1, -0.05) is 35.9 Å². The Morgan fingerprint density at radius 2 is 1.75 bits per heavy atom. The highest BCUT2D eigenvalue weighted by Crippen LogP contribution is 2.37. The summed E-state index contributed by atoms with van der Waals surface area (Å²) in [7, 11) is 0. The SMILES string of the molecule is CCOc1cc(C=NNC(=O)C(=O)Nc2ccc(CC#N)cc2)cc(Br)c1OCc1ccc(Cl)cc1. The first-order valence-electron chi connectivity index (χ1n) is 10.8. The Kier molecular flexibility index (Phi) is 9.86. The highest BCUT2D eigenvalue weighted by atomic mass is 79.9. The molecule has 0 aliphatic rings. The van der Waals surface area contributed by atoms with E-state index in [2.05, 4.69) is 31.8 Å². The summed E-state index contributed by atoms with van der Waals surface area (Å²) in [6, 6.07) is 19.5. The van der Waals surface area contributed by atoms with E-state index in [1.54, 1.807) is 48.5 Å². The molecule has 0 radical (unpaired) electrons. The summed E-state index contributed by atoms with van der Waals surface area (Å²) >= 11 is 9.42. The van der Waals surface area contributed by atoms with E-state index in [-0.39, 0.29) is 6.42 Å². The van der Waals surface area contributed by atoms with Crippen LogP contribution in [0.1, 0.15) is 23.6 Å². The van der Waals surface area contributed by atoms with Gasteiger partial charge in [0.05, 0.1) is 29.8 Å². The van der Waals surface area contributed by atoms with Crippen molar-refractivity contribution in [2.45, 2.75) is 20.0 Å². The summed E-state index contributed by atoms with van der Waals surface area (Å²) < 4.78 is 12.3. The van der Waals surface area contributed by atoms with Crippen LogP contribution >= 0.6 is 27.5 Å². The van der Waals surface area contributed by atoms with Crippen molar-refractivity contribution in [3.05, 3.63) is 86.8 Å². The van der Waals surface area contributed by atoms with Gasteiger partial charge in [-0.25, -0.2) is 5.43 Å². The minimum Gasteiger partial charge on any atom is -0.490 e. The number of halogens is 2. The van der Waals surface area contributed by atoms with E-state index in [0.717, 1.165) is 11.1 Å². The predicted molar refractivity (Wildman–Crippen MR) is 141 cm³/mol. The molecule has 0 aliphatic heterocycles. The van der Waals surface area contributed by atoms with Gasteiger partial charge in [0.15, 0.2) is 11.5 Å². The summed E-state index contributed by atoms with van der Waals surface area (Å²) in [5, 5.41) is 15.7. The van der Waals surface area contributed by atoms with Crippen LogP contribution in [-0.2, 0) is 22.6 Å². The molecule has 0 unspecified atom stereocenters. The Labute approximate surface area is 222 Å². The molecule has 184 valence electrons. The second-order valence-electron chi connectivity index (χ2n) is 7.36. The number of hydrogen-bond donors (Lipinski definition) is 2. The van der Waals surface area contributed by atoms with Gasteiger partial charge in [0.1, 0.15) is 6.61 Å². The third kappa shape index (κ3) is 7.83. The first-order chi connectivity index (χ1) is 17.4. The van der Waals surface area contributed by atoms with Crippen LogP contribution in [0.3, 0.4) is 0 Å². The number of anilines is 1. The maximum Gasteiger partial charge on any atom is 0.329 e. The third-order valence-corrected chi connectivity index (χ3v) is 5.55. The fraction of sp³-hybridized carbons (Fsp3) is 0.154. The Bertz CT molecular complexity index is 1290. The van der Waals surface area contributed by atoms with Gasteiger partial charge in [-0.3, -0.25) is 9.59 Å². The number of ether oxygens (including phenoxy) is 2. The number of hydrazone groups is 1. The van der Waals surface area contributed by atoms with E-state index >= 15 is 0 Å². The van der Waals surface area contributed by atoms with Crippen LogP contribution in [0.5, 0.6) is 11.5 Å². The quantitative estimate of drug-likeness (QED) is 0.208. The molecule has 10 heteroatoms. The van der Waals surface area contributed by atoms with Crippen molar-refractivity contribution in [3.8, 4) is 17.6 Å². The summed E-state index contributed by atoms with van der Waals surface area (Å²) in [6.45, 7) is 2.59. The topological polar surface area (TPSA) is 113 Å². The molecule has 0 aromatic heterocycles. The molecule has 8 nitrogen and oxygen atoms in total. The molecule has 0 aliphatic carbocycles. The monoisotopic (exact) mass is 568 g/mol. The van der Waals surface area contributed by atoms with Crippen LogP contribution < -0.4 is 20.2 Å². The number of carbonyl (C=O) groups excluding carboxylic acids is 2. The largest absolute Gasteiger partial charge is 0.490 e. The lowest BCUT2D eigenvalue weighted by Gasteiger charge is -2.14. The van der Waals surface area contributed by atoms with E-state index in [0.29, 0.717) is 45.5 Å². The Morgan fingerprint density at radius 3 is 2.42 bits per heavy atom. The molecule has 0 bridgehead atoms. The van der Waals surface area contributed by atoms with Gasteiger partial charge in [0, 0.05) is 10.7 Å². The van der Waals surface area contributed by atoms with Gasteiger partial charge in [-0.2, -0.15) is 10.4 Å². The molecule has 0 saturated heterocycles. The zero-order valence-corrected chi connectivity index (χ0v) is 21.6. The Hall–Kier alpha value is -3.87. The smallest absolute Gasteiger partial charge is 0.329 e. The molecular formula is C26H22BrClN4O4. The number of benzene rings is 3. The van der Waals surface area contributed by atoms with E-state index < -0.39 is 11.8 Å². The maximum absolute atomic E-state index is 12.1. The highest BCUT2D eigenvalue weighted by molar-refractivity contribution is 9.10. The van der Waals surface area contributed by atoms with Gasteiger partial charge in [-0.05, 0) is 75.9 Å². The van der Waals surface area contributed by atoms with Gasteiger partial charge in [0.2, 0.25) is 0 Å². The molecule has 3 rings (SSSR count). The molecule has 2 N–H and O–H groups in total. The van der Waals surface area contributed by atoms with Crippen molar-refractivity contribution < 1.29 is 19.1 Å². The van der Waals surface area contributed by atoms with Crippen molar-refractivity contribution in [2.24, 2.45) is 5.10 Å². The van der Waals surface area contributed by atoms with E-state index in [1.165, 1.54) is 6.21 Å². The second kappa shape index (κ2) is 13.3. The third-order valence-electron chi connectivity index (χ3n) is 4.71. The lowest BCUT2D eigenvalue weighted by Crippen LogP contribution is -2.32. The number of hydrogen-bond acceptors (Lipinski definition) is 6. The van der Waals surface area contributed by atoms with E-state index in [1.807, 2.05) is 25.1 Å². The average molecular weight is 570 g/mol. The molecule has 0 heterocycles. The molecule has 2 amide bonds. The van der Waals surface area contributed by atoms with Crippen LogP contribution in [0.25, 0.3) is 0 Å². The highest BCUT2D eigenvalue weighted by Gasteiger charge is 2.14. The summed E-state index contributed by atoms with van der Waals surface area (Å²) in [5.41, 5.74) is 4.99. The van der Waals surface area contributed by atoms with E-state index in [9.17, 15) is 9.59 Å². The molecule has 0 atom stereocenters. The number of nitriles is 1. The van der Waals surface area contributed by atoms with E-state index in [4.69, 9.17) is 26.3 Å². The summed E-state index contributed by atoms with van der Waals surface area (Å²) in [5.74, 6) is -0.791. The summed E-state index contributed by atoms with van der Waals surface area (Å²) in [4.78, 5) is 24.2. The number of carbonyl (C=O) groups is 2. The van der Waals surface area contributed by atoms with Crippen molar-refractivity contribution in [2.75, 3.05) is 11.9 Å². The average Bonchev–Trinajstić information content (AvgIpc) is 2.86. The fourth-order valence-electron chi connectivity index (χ4n) is 3.00. The minimum atomic E-state index is -0.931. The molecule has 3 aromatic rings. The van der Waals surface area contributed by atoms with Crippen LogP contribution in [0, 0.1) is 11.3 Å². The zero-order valence-electron chi connectivity index (χ0n) is 19.3. The van der Waals surface area contributed by atoms with Gasteiger partial charge in [-0.15, -0.1) is 0 Å². The normalized spacial score (nSPS) is 10.5. The summed E-state index contributed by atoms with van der Waals surface area (Å²) in [6.07, 6.45) is 1.65. The first kappa shape index (κ1) is 26.7. The number of nitrogens with one attached hydrogen (secondary N) is 2. The van der Waals surface area contributed by atoms with Crippen LogP contribution in [0.2, 0.25) is 5.02 Å². The lowest BCUT2D eigenvalue weighted by molar-refractivity contribution is -0.136. The van der Waals surface area contributed by atoms with Crippen molar-refractivity contribution >= 4 is 51.2 Å². The van der Waals surface area contributed by atoms with Crippen LogP contribution in [0.4, 0.5) is 5.69 Å². The molecule has 36 heavy (non-hydrogen) atoms. The lowest BCUT2D eigenvalue weighted by atomic mass is 10.1. The van der Waals surface area contributed by atoms with Crippen molar-refractivity contribution in [1.82, 2.24) is 5.43 Å². The van der Waals surface area contributed by atoms with Crippen molar-refractivity contribution in [1.29, 1.82) is 5.26 Å². The Balaban J connectivity index is 1.61. The van der Waals surface area contributed by atoms with Gasteiger partial charge >= 0.3 is 11.8 Å². The maximum atomic E-state index is 12.1. The first-order valence-corrected chi connectivity index (χ1v) is 12.0. The minimum absolute atomic E-state index is 0.264. The molecule has 0 spiro atoms. The van der Waals surface area contributed by atoms with Crippen LogP contribution in [-0.4, -0.2) is 24.6 Å². The standard InChI is InChI=1S/C26H22BrClN4O4/c1-2-35-23-14-19(13-22(27)24(23)36-16-18-3-7-20(28)8-4-18)15-30-32-26(34)25(33)31-21-9-5-17(6-10-21)11-12-29/h3-10,13-15H,2,11,16H2,1H3,(H,31,33)(H,32,34). The second-order valence-corrected chi connectivity index (χ2v) is 8.65. The zero-order chi connectivity index (χ0) is 25.9. The van der Waals surface area contributed by atoms with Gasteiger partial charge < -0.3 is 14.8 Å². The number of amides is 2. The number of nitrogens with zero attached hydrogens (tertiary/aromatic N) is 2. The van der Waals surface area contributed by atoms with Gasteiger partial charge in [0.25, 0.3) is 0 Å².